The van der Waals surface area contributed by atoms with E-state index >= 15 is 0 Å². The van der Waals surface area contributed by atoms with Gasteiger partial charge >= 0.3 is 0 Å². The summed E-state index contributed by atoms with van der Waals surface area (Å²) in [7, 11) is 1.64. The minimum absolute atomic E-state index is 0.0144. The van der Waals surface area contributed by atoms with E-state index in [2.05, 4.69) is 5.32 Å². The van der Waals surface area contributed by atoms with Gasteiger partial charge in [-0.15, -0.1) is 0 Å². The molecule has 5 heteroatoms. The fourth-order valence-corrected chi connectivity index (χ4v) is 3.13. The molecule has 0 radical (unpaired) electrons. The Morgan fingerprint density at radius 3 is 2.76 bits per heavy atom. The van der Waals surface area contributed by atoms with Gasteiger partial charge in [0, 0.05) is 18.0 Å². The normalized spacial score (nSPS) is 18.8. The molecule has 0 aliphatic heterocycles. The van der Waals surface area contributed by atoms with E-state index in [1.807, 2.05) is 24.3 Å². The lowest BCUT2D eigenvalue weighted by atomic mass is 10.1. The van der Waals surface area contributed by atoms with Gasteiger partial charge in [-0.2, -0.15) is 0 Å². The van der Waals surface area contributed by atoms with E-state index in [1.165, 1.54) is 6.07 Å². The Balaban J connectivity index is 1.53. The zero-order valence-corrected chi connectivity index (χ0v) is 13.7. The second-order valence-electron chi connectivity index (χ2n) is 6.14. The van der Waals surface area contributed by atoms with Gasteiger partial charge in [-0.05, 0) is 30.2 Å². The van der Waals surface area contributed by atoms with E-state index in [0.717, 1.165) is 17.7 Å². The smallest absolute Gasteiger partial charge is 0.287 e. The van der Waals surface area contributed by atoms with Crippen LogP contribution in [0.3, 0.4) is 0 Å². The van der Waals surface area contributed by atoms with Crippen molar-refractivity contribution in [2.75, 3.05) is 7.11 Å². The zero-order chi connectivity index (χ0) is 17.4. The number of ether oxygens (including phenoxy) is 1. The van der Waals surface area contributed by atoms with Gasteiger partial charge < -0.3 is 14.5 Å². The van der Waals surface area contributed by atoms with Crippen molar-refractivity contribution >= 4 is 16.9 Å². The van der Waals surface area contributed by atoms with Crippen molar-refractivity contribution in [1.29, 1.82) is 0 Å². The SMILES string of the molecule is COc1ccccc1[C@@H]1C[C@H]1NC(=O)c1cc(=O)c2ccccc2o1. The molecule has 5 nitrogen and oxygen atoms in total. The highest BCUT2D eigenvalue weighted by Gasteiger charge is 2.41. The van der Waals surface area contributed by atoms with Crippen molar-refractivity contribution in [3.05, 3.63) is 76.1 Å². The Morgan fingerprint density at radius 2 is 1.92 bits per heavy atom. The number of carbonyl (C=O) groups is 1. The standard InChI is InChI=1S/C20H17NO4/c1-24-17-8-4-2-6-12(17)14-10-15(14)21-20(23)19-11-16(22)13-7-3-5-9-18(13)25-19/h2-9,11,14-15H,10H2,1H3,(H,21,23)/t14-,15+/m0/s1. The molecule has 0 unspecified atom stereocenters. The monoisotopic (exact) mass is 335 g/mol. The van der Waals surface area contributed by atoms with Gasteiger partial charge in [0.2, 0.25) is 0 Å². The van der Waals surface area contributed by atoms with E-state index in [-0.39, 0.29) is 29.1 Å². The molecule has 1 saturated carbocycles. The third-order valence-electron chi connectivity index (χ3n) is 4.50. The predicted molar refractivity (Wildman–Crippen MR) is 94.1 cm³/mol. The van der Waals surface area contributed by atoms with Crippen LogP contribution < -0.4 is 15.5 Å². The number of rotatable bonds is 4. The highest BCUT2D eigenvalue weighted by atomic mass is 16.5. The number of carbonyl (C=O) groups excluding carboxylic acids is 1. The number of benzene rings is 2. The van der Waals surface area contributed by atoms with E-state index in [1.54, 1.807) is 31.4 Å². The summed E-state index contributed by atoms with van der Waals surface area (Å²) in [4.78, 5) is 24.6. The molecule has 1 aliphatic carbocycles. The highest BCUT2D eigenvalue weighted by molar-refractivity contribution is 5.93. The molecular formula is C20H17NO4. The van der Waals surface area contributed by atoms with Crippen LogP contribution in [0.2, 0.25) is 0 Å². The molecule has 4 rings (SSSR count). The molecule has 1 fully saturated rings. The first kappa shape index (κ1) is 15.4. The zero-order valence-electron chi connectivity index (χ0n) is 13.7. The van der Waals surface area contributed by atoms with Crippen LogP contribution >= 0.6 is 0 Å². The molecule has 0 bridgehead atoms. The average Bonchev–Trinajstić information content (AvgIpc) is 3.40. The van der Waals surface area contributed by atoms with Gasteiger partial charge in [-0.25, -0.2) is 0 Å². The number of nitrogens with one attached hydrogen (secondary N) is 1. The minimum atomic E-state index is -0.370. The first-order valence-corrected chi connectivity index (χ1v) is 8.14. The van der Waals surface area contributed by atoms with Crippen LogP contribution in [0.4, 0.5) is 0 Å². The maximum absolute atomic E-state index is 12.4. The number of hydrogen-bond donors (Lipinski definition) is 1. The van der Waals surface area contributed by atoms with Crippen LogP contribution in [0.25, 0.3) is 11.0 Å². The van der Waals surface area contributed by atoms with E-state index < -0.39 is 0 Å². The Bertz CT molecular complexity index is 1010. The third kappa shape index (κ3) is 2.89. The van der Waals surface area contributed by atoms with Crippen LogP contribution in [0.5, 0.6) is 5.75 Å². The molecule has 0 spiro atoms. The van der Waals surface area contributed by atoms with Crippen LogP contribution in [0, 0.1) is 0 Å². The summed E-state index contributed by atoms with van der Waals surface area (Å²) < 4.78 is 11.0. The fraction of sp³-hybridized carbons (Fsp3) is 0.200. The second-order valence-corrected chi connectivity index (χ2v) is 6.14. The average molecular weight is 335 g/mol. The van der Waals surface area contributed by atoms with Crippen LogP contribution in [0.1, 0.15) is 28.5 Å². The summed E-state index contributed by atoms with van der Waals surface area (Å²) >= 11 is 0. The van der Waals surface area contributed by atoms with Gasteiger partial charge in [-0.3, -0.25) is 9.59 Å². The van der Waals surface area contributed by atoms with Crippen molar-refractivity contribution in [1.82, 2.24) is 5.32 Å². The molecule has 1 N–H and O–H groups in total. The van der Waals surface area contributed by atoms with Gasteiger partial charge in [-0.1, -0.05) is 30.3 Å². The van der Waals surface area contributed by atoms with Gasteiger partial charge in [0.15, 0.2) is 11.2 Å². The first-order valence-electron chi connectivity index (χ1n) is 8.14. The summed E-state index contributed by atoms with van der Waals surface area (Å²) in [6.45, 7) is 0. The molecule has 1 aliphatic rings. The predicted octanol–water partition coefficient (Wildman–Crippen LogP) is 3.09. The molecular weight excluding hydrogens is 318 g/mol. The molecule has 2 atom stereocenters. The summed E-state index contributed by atoms with van der Waals surface area (Å²) in [6, 6.07) is 16.0. The molecule has 1 amide bonds. The lowest BCUT2D eigenvalue weighted by Crippen LogP contribution is -2.27. The Labute approximate surface area is 144 Å². The molecule has 1 aromatic heterocycles. The van der Waals surface area contributed by atoms with Gasteiger partial charge in [0.1, 0.15) is 11.3 Å². The Morgan fingerprint density at radius 1 is 1.16 bits per heavy atom. The summed E-state index contributed by atoms with van der Waals surface area (Å²) in [5, 5.41) is 3.40. The number of amides is 1. The highest BCUT2D eigenvalue weighted by Crippen LogP contribution is 2.44. The number of fused-ring (bicyclic) bond motifs is 1. The van der Waals surface area contributed by atoms with Crippen LogP contribution in [-0.4, -0.2) is 19.1 Å². The largest absolute Gasteiger partial charge is 0.496 e. The van der Waals surface area contributed by atoms with Gasteiger partial charge in [0.25, 0.3) is 5.91 Å². The molecule has 3 aromatic rings. The van der Waals surface area contributed by atoms with E-state index in [4.69, 9.17) is 9.15 Å². The Kier molecular flexibility index (Phi) is 3.76. The maximum atomic E-state index is 12.4. The number of methoxy groups -OCH3 is 1. The lowest BCUT2D eigenvalue weighted by Gasteiger charge is -2.08. The van der Waals surface area contributed by atoms with Crippen molar-refractivity contribution in [2.45, 2.75) is 18.4 Å². The Hall–Kier alpha value is -3.08. The van der Waals surface area contributed by atoms with Crippen LogP contribution in [0.15, 0.2) is 63.8 Å². The first-order chi connectivity index (χ1) is 12.2. The maximum Gasteiger partial charge on any atom is 0.287 e. The molecule has 0 saturated heterocycles. The molecule has 1 heterocycles. The summed E-state index contributed by atoms with van der Waals surface area (Å²) in [5.74, 6) is 0.702. The summed E-state index contributed by atoms with van der Waals surface area (Å²) in [5.41, 5.74) is 1.27. The number of para-hydroxylation sites is 2. The lowest BCUT2D eigenvalue weighted by molar-refractivity contribution is 0.0923. The third-order valence-corrected chi connectivity index (χ3v) is 4.50. The van der Waals surface area contributed by atoms with Crippen molar-refractivity contribution in [3.8, 4) is 5.75 Å². The summed E-state index contributed by atoms with van der Waals surface area (Å²) in [6.07, 6.45) is 0.837. The van der Waals surface area contributed by atoms with Crippen molar-refractivity contribution < 1.29 is 13.9 Å². The van der Waals surface area contributed by atoms with E-state index in [9.17, 15) is 9.59 Å². The minimum Gasteiger partial charge on any atom is -0.496 e. The van der Waals surface area contributed by atoms with Crippen LogP contribution in [-0.2, 0) is 0 Å². The van der Waals surface area contributed by atoms with Crippen molar-refractivity contribution in [2.24, 2.45) is 0 Å². The fourth-order valence-electron chi connectivity index (χ4n) is 3.13. The quantitative estimate of drug-likeness (QED) is 0.795. The molecule has 25 heavy (non-hydrogen) atoms. The van der Waals surface area contributed by atoms with Crippen molar-refractivity contribution in [3.63, 3.8) is 0 Å². The van der Waals surface area contributed by atoms with Gasteiger partial charge in [0.05, 0.1) is 12.5 Å². The molecule has 126 valence electrons. The van der Waals surface area contributed by atoms with E-state index in [0.29, 0.717) is 11.0 Å². The second kappa shape index (κ2) is 6.09. The molecule has 2 aromatic carbocycles. The topological polar surface area (TPSA) is 68.5 Å². The number of hydrogen-bond acceptors (Lipinski definition) is 4.